The van der Waals surface area contributed by atoms with Crippen molar-refractivity contribution in [2.75, 3.05) is 9.80 Å². The number of carboxylic acid groups (broad SMARTS) is 2. The molecule has 11 nitrogen and oxygen atoms in total. The Hall–Kier alpha value is -5.58. The second kappa shape index (κ2) is 10.3. The Kier molecular flexibility index (Phi) is 6.43. The number of aromatic hydroxyl groups is 1. The minimum absolute atomic E-state index is 0.00557. The fraction of sp³-hybridized carbons (Fsp3) is 0.235. The van der Waals surface area contributed by atoms with Gasteiger partial charge in [-0.1, -0.05) is 23.8 Å². The number of carbonyl (C=O) groups excluding carboxylic acids is 4. The standard InChI is InChI=1S/C34H26N2O9/c37-21-11-5-16(6-12-21)26-22-13-14-23-27(31(40)35(29(23)38)19-7-1-17(2-8-19)33(42)43)24(22)15-25-28(26)32(41)36(30(25)39)20-9-3-18(4-10-20)34(44)45/h1-13,23-28,37H,14-15H2,(H,42,43)(H,44,45)/t23-,24+,25+,26-,27-,28+/m0/s1. The topological polar surface area (TPSA) is 170 Å². The van der Waals surface area contributed by atoms with Crippen LogP contribution in [0, 0.1) is 29.6 Å². The molecule has 2 aliphatic carbocycles. The molecule has 45 heavy (non-hydrogen) atoms. The number of imide groups is 2. The molecule has 0 unspecified atom stereocenters. The number of allylic oxidation sites excluding steroid dienone is 2. The molecule has 2 saturated heterocycles. The third kappa shape index (κ3) is 4.26. The number of anilines is 2. The molecule has 7 rings (SSSR count). The molecular formula is C34H26N2O9. The van der Waals surface area contributed by atoms with Crippen LogP contribution in [0.5, 0.6) is 5.75 Å². The monoisotopic (exact) mass is 606 g/mol. The van der Waals surface area contributed by atoms with Crippen molar-refractivity contribution >= 4 is 46.9 Å². The van der Waals surface area contributed by atoms with Crippen molar-refractivity contribution in [1.82, 2.24) is 0 Å². The summed E-state index contributed by atoms with van der Waals surface area (Å²) >= 11 is 0. The van der Waals surface area contributed by atoms with Gasteiger partial charge in [0.2, 0.25) is 23.6 Å². The first-order valence-corrected chi connectivity index (χ1v) is 14.5. The second-order valence-corrected chi connectivity index (χ2v) is 11.8. The zero-order valence-electron chi connectivity index (χ0n) is 23.6. The quantitative estimate of drug-likeness (QED) is 0.289. The number of aromatic carboxylic acids is 2. The second-order valence-electron chi connectivity index (χ2n) is 11.8. The number of fused-ring (bicyclic) bond motifs is 4. The van der Waals surface area contributed by atoms with E-state index >= 15 is 0 Å². The number of hydrogen-bond donors (Lipinski definition) is 3. The smallest absolute Gasteiger partial charge is 0.335 e. The van der Waals surface area contributed by atoms with E-state index in [1.165, 1.54) is 60.7 Å². The number of hydrogen-bond acceptors (Lipinski definition) is 7. The Labute approximate surface area is 256 Å². The summed E-state index contributed by atoms with van der Waals surface area (Å²) in [7, 11) is 0. The molecule has 4 amide bonds. The zero-order valence-corrected chi connectivity index (χ0v) is 23.6. The summed E-state index contributed by atoms with van der Waals surface area (Å²) in [5, 5.41) is 28.6. The molecule has 0 aromatic heterocycles. The van der Waals surface area contributed by atoms with E-state index in [2.05, 4.69) is 0 Å². The summed E-state index contributed by atoms with van der Waals surface area (Å²) in [5.74, 6) is -8.25. The van der Waals surface area contributed by atoms with Gasteiger partial charge in [-0.3, -0.25) is 29.0 Å². The maximum atomic E-state index is 14.1. The number of benzene rings is 3. The molecule has 3 N–H and O–H groups in total. The summed E-state index contributed by atoms with van der Waals surface area (Å²) in [6.07, 6.45) is 2.31. The van der Waals surface area contributed by atoms with Crippen LogP contribution < -0.4 is 9.80 Å². The molecule has 1 saturated carbocycles. The summed E-state index contributed by atoms with van der Waals surface area (Å²) in [6.45, 7) is 0. The van der Waals surface area contributed by atoms with Crippen LogP contribution in [0.1, 0.15) is 45.0 Å². The number of rotatable bonds is 5. The number of phenolic OH excluding ortho intramolecular Hbond substituents is 1. The van der Waals surface area contributed by atoms with Gasteiger partial charge < -0.3 is 15.3 Å². The van der Waals surface area contributed by atoms with Gasteiger partial charge in [0, 0.05) is 5.92 Å². The largest absolute Gasteiger partial charge is 0.508 e. The van der Waals surface area contributed by atoms with Crippen molar-refractivity contribution in [2.45, 2.75) is 18.8 Å². The Bertz CT molecular complexity index is 1830. The van der Waals surface area contributed by atoms with Crippen LogP contribution in [-0.2, 0) is 19.2 Å². The molecule has 0 spiro atoms. The minimum atomic E-state index is -1.14. The van der Waals surface area contributed by atoms with Gasteiger partial charge in [-0.2, -0.15) is 0 Å². The molecule has 2 heterocycles. The van der Waals surface area contributed by atoms with Gasteiger partial charge in [-0.15, -0.1) is 0 Å². The molecule has 3 aromatic rings. The highest BCUT2D eigenvalue weighted by atomic mass is 16.4. The predicted octanol–water partition coefficient (Wildman–Crippen LogP) is 3.83. The first-order valence-electron chi connectivity index (χ1n) is 14.5. The Morgan fingerprint density at radius 3 is 1.60 bits per heavy atom. The normalized spacial score (nSPS) is 27.2. The number of nitrogens with zero attached hydrogens (tertiary/aromatic N) is 2. The number of carbonyl (C=O) groups is 6. The van der Waals surface area contributed by atoms with Gasteiger partial charge >= 0.3 is 11.9 Å². The van der Waals surface area contributed by atoms with E-state index < -0.39 is 71.1 Å². The lowest BCUT2D eigenvalue weighted by Gasteiger charge is -2.44. The van der Waals surface area contributed by atoms with Crippen molar-refractivity contribution in [3.63, 3.8) is 0 Å². The maximum Gasteiger partial charge on any atom is 0.335 e. The van der Waals surface area contributed by atoms with Crippen LogP contribution in [-0.4, -0.2) is 50.9 Å². The lowest BCUT2D eigenvalue weighted by atomic mass is 9.57. The third-order valence-corrected chi connectivity index (χ3v) is 9.65. The van der Waals surface area contributed by atoms with Crippen LogP contribution in [0.25, 0.3) is 0 Å². The molecular weight excluding hydrogens is 580 g/mol. The highest BCUT2D eigenvalue weighted by Gasteiger charge is 2.62. The summed E-state index contributed by atoms with van der Waals surface area (Å²) in [4.78, 5) is 80.7. The first-order chi connectivity index (χ1) is 21.6. The van der Waals surface area contributed by atoms with Crippen LogP contribution in [0.4, 0.5) is 11.4 Å². The Morgan fingerprint density at radius 2 is 1.09 bits per heavy atom. The summed E-state index contributed by atoms with van der Waals surface area (Å²) in [5.41, 5.74) is 1.99. The molecule has 6 atom stereocenters. The Morgan fingerprint density at radius 1 is 0.600 bits per heavy atom. The molecule has 3 aromatic carbocycles. The third-order valence-electron chi connectivity index (χ3n) is 9.65. The van der Waals surface area contributed by atoms with Gasteiger partial charge in [-0.25, -0.2) is 9.59 Å². The zero-order chi connectivity index (χ0) is 31.7. The summed E-state index contributed by atoms with van der Waals surface area (Å²) < 4.78 is 0. The predicted molar refractivity (Wildman–Crippen MR) is 157 cm³/mol. The fourth-order valence-electron chi connectivity index (χ4n) is 7.66. The fourth-order valence-corrected chi connectivity index (χ4v) is 7.66. The van der Waals surface area contributed by atoms with Crippen LogP contribution in [0.3, 0.4) is 0 Å². The number of phenols is 1. The minimum Gasteiger partial charge on any atom is -0.508 e. The first kappa shape index (κ1) is 28.2. The van der Waals surface area contributed by atoms with Crippen LogP contribution in [0.15, 0.2) is 84.4 Å². The van der Waals surface area contributed by atoms with E-state index in [9.17, 15) is 44.1 Å². The highest BCUT2D eigenvalue weighted by Crippen LogP contribution is 2.58. The van der Waals surface area contributed by atoms with Crippen molar-refractivity contribution in [1.29, 1.82) is 0 Å². The van der Waals surface area contributed by atoms with Gasteiger partial charge in [0.25, 0.3) is 0 Å². The van der Waals surface area contributed by atoms with Crippen LogP contribution >= 0.6 is 0 Å². The van der Waals surface area contributed by atoms with E-state index in [4.69, 9.17) is 0 Å². The molecule has 4 aliphatic rings. The molecule has 0 radical (unpaired) electrons. The molecule has 2 aliphatic heterocycles. The van der Waals surface area contributed by atoms with E-state index in [0.29, 0.717) is 5.56 Å². The lowest BCUT2D eigenvalue weighted by molar-refractivity contribution is -0.126. The molecule has 11 heteroatoms. The summed E-state index contributed by atoms with van der Waals surface area (Å²) in [6, 6.07) is 17.4. The van der Waals surface area contributed by atoms with E-state index in [1.807, 2.05) is 6.08 Å². The van der Waals surface area contributed by atoms with E-state index in [0.717, 1.165) is 15.4 Å². The van der Waals surface area contributed by atoms with Crippen molar-refractivity contribution in [3.8, 4) is 5.75 Å². The van der Waals surface area contributed by atoms with Crippen molar-refractivity contribution < 1.29 is 44.1 Å². The van der Waals surface area contributed by atoms with Gasteiger partial charge in [0.05, 0.1) is 46.2 Å². The van der Waals surface area contributed by atoms with E-state index in [1.54, 1.807) is 12.1 Å². The lowest BCUT2D eigenvalue weighted by Crippen LogP contribution is -2.43. The number of carboxylic acids is 2. The van der Waals surface area contributed by atoms with Gasteiger partial charge in [0.15, 0.2) is 0 Å². The SMILES string of the molecule is O=C(O)c1ccc(N2C(=O)[C@H]3[C@H](CC=C4[C@H]3C[C@H]3C(=O)N(c5ccc(C(=O)O)cc5)C(=O)[C@H]3[C@H]4c3ccc(O)cc3)C2=O)cc1. The molecule has 0 bridgehead atoms. The van der Waals surface area contributed by atoms with E-state index in [-0.39, 0.29) is 41.1 Å². The average Bonchev–Trinajstić information content (AvgIpc) is 3.44. The Balaban J connectivity index is 1.29. The van der Waals surface area contributed by atoms with Gasteiger partial charge in [0.1, 0.15) is 5.75 Å². The number of amides is 4. The maximum absolute atomic E-state index is 14.1. The molecule has 226 valence electrons. The van der Waals surface area contributed by atoms with Crippen molar-refractivity contribution in [3.05, 3.63) is 101 Å². The van der Waals surface area contributed by atoms with Crippen LogP contribution in [0.2, 0.25) is 0 Å². The van der Waals surface area contributed by atoms with Gasteiger partial charge in [-0.05, 0) is 85.0 Å². The van der Waals surface area contributed by atoms with Crippen molar-refractivity contribution in [2.24, 2.45) is 29.6 Å². The molecule has 3 fully saturated rings. The highest BCUT2D eigenvalue weighted by molar-refractivity contribution is 6.24. The average molecular weight is 607 g/mol.